The van der Waals surface area contributed by atoms with Gasteiger partial charge in [-0.1, -0.05) is 31.2 Å². The van der Waals surface area contributed by atoms with Crippen LogP contribution in [-0.4, -0.2) is 12.6 Å². The van der Waals surface area contributed by atoms with Gasteiger partial charge in [0.05, 0.1) is 0 Å². The lowest BCUT2D eigenvalue weighted by atomic mass is 9.94. The Bertz CT molecular complexity index is 522. The predicted molar refractivity (Wildman–Crippen MR) is 81.0 cm³/mol. The van der Waals surface area contributed by atoms with Crippen LogP contribution in [0.15, 0.2) is 36.4 Å². The lowest BCUT2D eigenvalue weighted by Crippen LogP contribution is -2.35. The molecule has 1 N–H and O–H groups in total. The highest BCUT2D eigenvalue weighted by Crippen LogP contribution is 2.26. The normalized spacial score (nSPS) is 24.9. The zero-order valence-electron chi connectivity index (χ0n) is 10.7. The number of hydrogen-bond donors (Lipinski definition) is 1. The minimum atomic E-state index is 0.555. The molecule has 1 aromatic carbocycles. The Morgan fingerprint density at radius 2 is 2.22 bits per heavy atom. The minimum Gasteiger partial charge on any atom is -0.310 e. The molecule has 0 spiro atoms. The average molecular weight is 257 g/mol. The molecule has 1 fully saturated rings. The van der Waals surface area contributed by atoms with Crippen molar-refractivity contribution in [1.82, 2.24) is 5.32 Å². The van der Waals surface area contributed by atoms with E-state index in [-0.39, 0.29) is 0 Å². The summed E-state index contributed by atoms with van der Waals surface area (Å²) in [5.41, 5.74) is 0. The van der Waals surface area contributed by atoms with Gasteiger partial charge in [0.1, 0.15) is 0 Å². The standard InChI is InChI=1S/C16H19NS/c1-12-8-9-17-14(10-12)6-7-15-11-13-4-2-3-5-16(13)18-15/h2-7,11-12,14,17H,8-10H2,1H3/b7-6+. The first kappa shape index (κ1) is 11.9. The number of fused-ring (bicyclic) bond motifs is 1. The molecule has 2 heterocycles. The first-order valence-corrected chi connectivity index (χ1v) is 7.53. The molecule has 2 unspecified atom stereocenters. The van der Waals surface area contributed by atoms with E-state index >= 15 is 0 Å². The van der Waals surface area contributed by atoms with Crippen LogP contribution < -0.4 is 5.32 Å². The molecule has 0 radical (unpaired) electrons. The summed E-state index contributed by atoms with van der Waals surface area (Å²) in [5, 5.41) is 4.93. The van der Waals surface area contributed by atoms with Gasteiger partial charge in [0.2, 0.25) is 0 Å². The smallest absolute Gasteiger partial charge is 0.0349 e. The number of rotatable bonds is 2. The molecule has 0 saturated carbocycles. The van der Waals surface area contributed by atoms with Gasteiger partial charge in [-0.3, -0.25) is 0 Å². The summed E-state index contributed by atoms with van der Waals surface area (Å²) >= 11 is 1.87. The predicted octanol–water partition coefficient (Wildman–Crippen LogP) is 4.30. The van der Waals surface area contributed by atoms with Gasteiger partial charge in [-0.15, -0.1) is 11.3 Å². The molecule has 0 bridgehead atoms. The second kappa shape index (κ2) is 5.25. The van der Waals surface area contributed by atoms with E-state index in [4.69, 9.17) is 0 Å². The molecule has 94 valence electrons. The summed E-state index contributed by atoms with van der Waals surface area (Å²) in [6.45, 7) is 3.50. The maximum atomic E-state index is 3.57. The molecular formula is C16H19NS. The number of nitrogens with one attached hydrogen (secondary N) is 1. The molecule has 0 aliphatic carbocycles. The third kappa shape index (κ3) is 2.65. The van der Waals surface area contributed by atoms with E-state index < -0.39 is 0 Å². The van der Waals surface area contributed by atoms with Crippen molar-refractivity contribution in [1.29, 1.82) is 0 Å². The van der Waals surface area contributed by atoms with Gasteiger partial charge >= 0.3 is 0 Å². The van der Waals surface area contributed by atoms with Crippen molar-refractivity contribution in [3.63, 3.8) is 0 Å². The Morgan fingerprint density at radius 3 is 3.06 bits per heavy atom. The van der Waals surface area contributed by atoms with Crippen LogP contribution in [0.3, 0.4) is 0 Å². The Hall–Kier alpha value is -1.12. The van der Waals surface area contributed by atoms with Crippen LogP contribution in [0.25, 0.3) is 16.2 Å². The largest absolute Gasteiger partial charge is 0.310 e. The molecule has 2 aromatic rings. The lowest BCUT2D eigenvalue weighted by Gasteiger charge is -2.25. The van der Waals surface area contributed by atoms with E-state index in [0.29, 0.717) is 6.04 Å². The monoisotopic (exact) mass is 257 g/mol. The maximum absolute atomic E-state index is 3.57. The van der Waals surface area contributed by atoms with E-state index in [1.54, 1.807) is 0 Å². The molecule has 0 amide bonds. The number of benzene rings is 1. The van der Waals surface area contributed by atoms with Crippen LogP contribution in [0.4, 0.5) is 0 Å². The molecule has 2 heteroatoms. The summed E-state index contributed by atoms with van der Waals surface area (Å²) in [6.07, 6.45) is 7.19. The van der Waals surface area contributed by atoms with Crippen molar-refractivity contribution >= 4 is 27.5 Å². The highest BCUT2D eigenvalue weighted by molar-refractivity contribution is 7.19. The Labute approximate surface area is 113 Å². The van der Waals surface area contributed by atoms with E-state index in [9.17, 15) is 0 Å². The first-order chi connectivity index (χ1) is 8.81. The minimum absolute atomic E-state index is 0.555. The molecule has 1 saturated heterocycles. The van der Waals surface area contributed by atoms with E-state index in [0.717, 1.165) is 12.5 Å². The highest BCUT2D eigenvalue weighted by atomic mass is 32.1. The highest BCUT2D eigenvalue weighted by Gasteiger charge is 2.15. The molecule has 18 heavy (non-hydrogen) atoms. The quantitative estimate of drug-likeness (QED) is 0.845. The number of thiophene rings is 1. The molecule has 1 aliphatic heterocycles. The zero-order chi connectivity index (χ0) is 12.4. The van der Waals surface area contributed by atoms with Crippen molar-refractivity contribution in [2.45, 2.75) is 25.8 Å². The first-order valence-electron chi connectivity index (χ1n) is 6.71. The molecule has 2 atom stereocenters. The fraction of sp³-hybridized carbons (Fsp3) is 0.375. The van der Waals surface area contributed by atoms with Gasteiger partial charge in [-0.25, -0.2) is 0 Å². The third-order valence-corrected chi connectivity index (χ3v) is 4.72. The average Bonchev–Trinajstić information content (AvgIpc) is 2.79. The van der Waals surface area contributed by atoms with Crippen LogP contribution in [0, 0.1) is 5.92 Å². The Balaban J connectivity index is 1.75. The summed E-state index contributed by atoms with van der Waals surface area (Å²) in [7, 11) is 0. The SMILES string of the molecule is CC1CCNC(/C=C/c2cc3ccccc3s2)C1. The van der Waals surface area contributed by atoms with E-state index in [1.165, 1.54) is 27.8 Å². The van der Waals surface area contributed by atoms with Crippen LogP contribution in [0.2, 0.25) is 0 Å². The van der Waals surface area contributed by atoms with Crippen molar-refractivity contribution in [2.75, 3.05) is 6.54 Å². The van der Waals surface area contributed by atoms with Crippen molar-refractivity contribution in [2.24, 2.45) is 5.92 Å². The van der Waals surface area contributed by atoms with Gasteiger partial charge in [0.25, 0.3) is 0 Å². The second-order valence-electron chi connectivity index (χ2n) is 5.24. The molecular weight excluding hydrogens is 238 g/mol. The summed E-state index contributed by atoms with van der Waals surface area (Å²) < 4.78 is 1.38. The molecule has 1 aromatic heterocycles. The van der Waals surface area contributed by atoms with Crippen molar-refractivity contribution < 1.29 is 0 Å². The van der Waals surface area contributed by atoms with E-state index in [2.05, 4.69) is 54.7 Å². The van der Waals surface area contributed by atoms with Crippen LogP contribution in [0.5, 0.6) is 0 Å². The summed E-state index contributed by atoms with van der Waals surface area (Å²) in [4.78, 5) is 1.36. The van der Waals surface area contributed by atoms with Gasteiger partial charge in [-0.05, 0) is 48.9 Å². The third-order valence-electron chi connectivity index (χ3n) is 3.64. The van der Waals surface area contributed by atoms with Gasteiger partial charge in [-0.2, -0.15) is 0 Å². The lowest BCUT2D eigenvalue weighted by molar-refractivity contribution is 0.357. The van der Waals surface area contributed by atoms with Gasteiger partial charge in [0.15, 0.2) is 0 Å². The van der Waals surface area contributed by atoms with Crippen LogP contribution in [-0.2, 0) is 0 Å². The molecule has 1 nitrogen and oxygen atoms in total. The van der Waals surface area contributed by atoms with Crippen LogP contribution in [0.1, 0.15) is 24.6 Å². The second-order valence-corrected chi connectivity index (χ2v) is 6.35. The fourth-order valence-corrected chi connectivity index (χ4v) is 3.57. The summed E-state index contributed by atoms with van der Waals surface area (Å²) in [5.74, 6) is 0.850. The molecule has 1 aliphatic rings. The zero-order valence-corrected chi connectivity index (χ0v) is 11.5. The van der Waals surface area contributed by atoms with E-state index in [1.807, 2.05) is 11.3 Å². The topological polar surface area (TPSA) is 12.0 Å². The Kier molecular flexibility index (Phi) is 3.48. The maximum Gasteiger partial charge on any atom is 0.0349 e. The molecule has 3 rings (SSSR count). The van der Waals surface area contributed by atoms with Gasteiger partial charge < -0.3 is 5.32 Å². The fourth-order valence-electron chi connectivity index (χ4n) is 2.59. The van der Waals surface area contributed by atoms with Crippen molar-refractivity contribution in [3.8, 4) is 0 Å². The Morgan fingerprint density at radius 1 is 1.33 bits per heavy atom. The van der Waals surface area contributed by atoms with Gasteiger partial charge in [0, 0.05) is 15.6 Å². The summed E-state index contributed by atoms with van der Waals surface area (Å²) in [6, 6.07) is 11.4. The number of hydrogen-bond acceptors (Lipinski definition) is 2. The van der Waals surface area contributed by atoms with Crippen LogP contribution >= 0.6 is 11.3 Å². The van der Waals surface area contributed by atoms with Crippen molar-refractivity contribution in [3.05, 3.63) is 41.3 Å². The number of piperidine rings is 1.